The number of ether oxygens (including phenoxy) is 1. The van der Waals surface area contributed by atoms with Crippen molar-refractivity contribution in [1.82, 2.24) is 4.98 Å². The quantitative estimate of drug-likeness (QED) is 0.631. The van der Waals surface area contributed by atoms with Gasteiger partial charge in [-0.05, 0) is 42.8 Å². The molecule has 0 aliphatic rings. The molecule has 0 spiro atoms. The van der Waals surface area contributed by atoms with E-state index < -0.39 is 10.0 Å². The normalized spacial score (nSPS) is 11.2. The van der Waals surface area contributed by atoms with Crippen LogP contribution in [0.2, 0.25) is 0 Å². The van der Waals surface area contributed by atoms with Gasteiger partial charge in [0.15, 0.2) is 0 Å². The second kappa shape index (κ2) is 7.76. The zero-order chi connectivity index (χ0) is 18.6. The van der Waals surface area contributed by atoms with Gasteiger partial charge in [0.25, 0.3) is 10.0 Å². The Morgan fingerprint density at radius 3 is 2.58 bits per heavy atom. The first kappa shape index (κ1) is 18.2. The highest BCUT2D eigenvalue weighted by Gasteiger charge is 2.17. The second-order valence-corrected chi connectivity index (χ2v) is 8.51. The SMILES string of the molecule is CCc1ccc(S(=O)(=O)Nc2ccc(Nc3ccccc3OC)cn2)s1. The van der Waals surface area contributed by atoms with Gasteiger partial charge in [-0.1, -0.05) is 19.1 Å². The van der Waals surface area contributed by atoms with Crippen LogP contribution in [0.1, 0.15) is 11.8 Å². The molecule has 0 aliphatic carbocycles. The van der Waals surface area contributed by atoms with Crippen LogP contribution in [0.4, 0.5) is 17.2 Å². The van der Waals surface area contributed by atoms with E-state index in [4.69, 9.17) is 4.74 Å². The van der Waals surface area contributed by atoms with Crippen LogP contribution >= 0.6 is 11.3 Å². The summed E-state index contributed by atoms with van der Waals surface area (Å²) in [6.45, 7) is 1.99. The van der Waals surface area contributed by atoms with Gasteiger partial charge in [0.2, 0.25) is 0 Å². The van der Waals surface area contributed by atoms with E-state index in [0.29, 0.717) is 5.75 Å². The molecule has 1 aromatic carbocycles. The minimum atomic E-state index is -3.62. The number of hydrogen-bond acceptors (Lipinski definition) is 6. The van der Waals surface area contributed by atoms with Gasteiger partial charge in [-0.25, -0.2) is 13.4 Å². The number of aromatic nitrogens is 1. The lowest BCUT2D eigenvalue weighted by molar-refractivity contribution is 0.417. The Morgan fingerprint density at radius 1 is 1.12 bits per heavy atom. The summed E-state index contributed by atoms with van der Waals surface area (Å²) in [4.78, 5) is 5.20. The summed E-state index contributed by atoms with van der Waals surface area (Å²) >= 11 is 1.26. The lowest BCUT2D eigenvalue weighted by Crippen LogP contribution is -2.12. The smallest absolute Gasteiger partial charge is 0.272 e. The number of hydrogen-bond donors (Lipinski definition) is 2. The number of nitrogens with zero attached hydrogens (tertiary/aromatic N) is 1. The zero-order valence-corrected chi connectivity index (χ0v) is 16.0. The molecule has 3 aromatic rings. The van der Waals surface area contributed by atoms with Crippen LogP contribution in [-0.2, 0) is 16.4 Å². The first-order chi connectivity index (χ1) is 12.5. The molecule has 26 heavy (non-hydrogen) atoms. The molecule has 0 unspecified atom stereocenters. The molecular weight excluding hydrogens is 370 g/mol. The maximum Gasteiger partial charge on any atom is 0.272 e. The van der Waals surface area contributed by atoms with Crippen molar-refractivity contribution in [2.75, 3.05) is 17.1 Å². The van der Waals surface area contributed by atoms with Gasteiger partial charge in [-0.3, -0.25) is 4.72 Å². The molecule has 2 heterocycles. The Balaban J connectivity index is 1.73. The Bertz CT molecular complexity index is 983. The predicted octanol–water partition coefficient (Wildman–Crippen LogP) is 4.26. The Morgan fingerprint density at radius 2 is 1.92 bits per heavy atom. The van der Waals surface area contributed by atoms with Crippen LogP contribution in [0.3, 0.4) is 0 Å². The highest BCUT2D eigenvalue weighted by Crippen LogP contribution is 2.28. The number of benzene rings is 1. The summed E-state index contributed by atoms with van der Waals surface area (Å²) in [6.07, 6.45) is 2.37. The number of rotatable bonds is 7. The molecule has 0 bridgehead atoms. The average molecular weight is 390 g/mol. The molecule has 0 radical (unpaired) electrons. The number of aryl methyl sites for hydroxylation is 1. The summed E-state index contributed by atoms with van der Waals surface area (Å²) in [5.74, 6) is 0.976. The average Bonchev–Trinajstić information content (AvgIpc) is 3.14. The monoisotopic (exact) mass is 389 g/mol. The fourth-order valence-corrected chi connectivity index (χ4v) is 4.62. The Hall–Kier alpha value is -2.58. The van der Waals surface area contributed by atoms with E-state index in [9.17, 15) is 8.42 Å². The number of methoxy groups -OCH3 is 1. The summed E-state index contributed by atoms with van der Waals surface area (Å²) < 4.78 is 32.9. The van der Waals surface area contributed by atoms with E-state index in [-0.39, 0.29) is 10.0 Å². The molecule has 6 nitrogen and oxygen atoms in total. The van der Waals surface area contributed by atoms with Crippen molar-refractivity contribution in [1.29, 1.82) is 0 Å². The number of thiophene rings is 1. The van der Waals surface area contributed by atoms with E-state index in [0.717, 1.165) is 22.7 Å². The van der Waals surface area contributed by atoms with Gasteiger partial charge in [0.05, 0.1) is 24.7 Å². The van der Waals surface area contributed by atoms with Gasteiger partial charge in [0.1, 0.15) is 15.8 Å². The largest absolute Gasteiger partial charge is 0.495 e. The molecule has 2 N–H and O–H groups in total. The number of nitrogens with one attached hydrogen (secondary N) is 2. The van der Waals surface area contributed by atoms with E-state index >= 15 is 0 Å². The Kier molecular flexibility index (Phi) is 5.43. The van der Waals surface area contributed by atoms with Gasteiger partial charge < -0.3 is 10.1 Å². The summed E-state index contributed by atoms with van der Waals surface area (Å²) in [5.41, 5.74) is 1.53. The summed E-state index contributed by atoms with van der Waals surface area (Å²) in [7, 11) is -2.02. The van der Waals surface area contributed by atoms with Gasteiger partial charge in [0, 0.05) is 4.88 Å². The topological polar surface area (TPSA) is 80.3 Å². The first-order valence-corrected chi connectivity index (χ1v) is 10.3. The minimum absolute atomic E-state index is 0.266. The standard InChI is InChI=1S/C18H19N3O3S2/c1-3-14-9-11-18(25-14)26(22,23)21-17-10-8-13(12-19-17)20-15-6-4-5-7-16(15)24-2/h4-12,20H,3H2,1-2H3,(H,19,21). The molecule has 0 fully saturated rings. The van der Waals surface area contributed by atoms with Gasteiger partial charge in [-0.15, -0.1) is 11.3 Å². The van der Waals surface area contributed by atoms with Gasteiger partial charge >= 0.3 is 0 Å². The number of pyridine rings is 1. The zero-order valence-electron chi connectivity index (χ0n) is 14.4. The highest BCUT2D eigenvalue weighted by atomic mass is 32.2. The van der Waals surface area contributed by atoms with Gasteiger partial charge in [-0.2, -0.15) is 0 Å². The molecule has 0 aliphatic heterocycles. The lowest BCUT2D eigenvalue weighted by atomic mass is 10.3. The van der Waals surface area contributed by atoms with E-state index in [2.05, 4.69) is 15.0 Å². The fraction of sp³-hybridized carbons (Fsp3) is 0.167. The lowest BCUT2D eigenvalue weighted by Gasteiger charge is -2.11. The molecule has 0 amide bonds. The fourth-order valence-electron chi connectivity index (χ4n) is 2.31. The molecule has 0 atom stereocenters. The predicted molar refractivity (Wildman–Crippen MR) is 105 cm³/mol. The van der Waals surface area contributed by atoms with Crippen LogP contribution in [0.15, 0.2) is 58.9 Å². The van der Waals surface area contributed by atoms with Crippen molar-refractivity contribution >= 4 is 38.6 Å². The van der Waals surface area contributed by atoms with E-state index in [1.165, 1.54) is 11.3 Å². The maximum absolute atomic E-state index is 12.4. The van der Waals surface area contributed by atoms with Crippen LogP contribution in [0.5, 0.6) is 5.75 Å². The third-order valence-electron chi connectivity index (χ3n) is 3.64. The molecule has 8 heteroatoms. The molecule has 0 saturated heterocycles. The molecular formula is C18H19N3O3S2. The van der Waals surface area contributed by atoms with Crippen LogP contribution in [-0.4, -0.2) is 20.5 Å². The Labute approximate surface area is 156 Å². The van der Waals surface area contributed by atoms with Crippen LogP contribution in [0.25, 0.3) is 0 Å². The second-order valence-electron chi connectivity index (χ2n) is 5.44. The van der Waals surface area contributed by atoms with Crippen LogP contribution < -0.4 is 14.8 Å². The van der Waals surface area contributed by atoms with E-state index in [1.54, 1.807) is 31.5 Å². The van der Waals surface area contributed by atoms with Crippen LogP contribution in [0, 0.1) is 0 Å². The van der Waals surface area contributed by atoms with Crippen molar-refractivity contribution in [3.05, 3.63) is 59.6 Å². The third-order valence-corrected chi connectivity index (χ3v) is 6.71. The minimum Gasteiger partial charge on any atom is -0.495 e. The van der Waals surface area contributed by atoms with E-state index in [1.807, 2.05) is 37.3 Å². The van der Waals surface area contributed by atoms with Crippen molar-refractivity contribution in [2.24, 2.45) is 0 Å². The van der Waals surface area contributed by atoms with Crippen molar-refractivity contribution < 1.29 is 13.2 Å². The van der Waals surface area contributed by atoms with Crippen molar-refractivity contribution in [3.8, 4) is 5.75 Å². The number of anilines is 3. The summed E-state index contributed by atoms with van der Waals surface area (Å²) in [6, 6.07) is 14.3. The molecule has 136 valence electrons. The summed E-state index contributed by atoms with van der Waals surface area (Å²) in [5, 5.41) is 3.19. The molecule has 0 saturated carbocycles. The van der Waals surface area contributed by atoms with Crippen molar-refractivity contribution in [2.45, 2.75) is 17.6 Å². The molecule has 2 aromatic heterocycles. The maximum atomic E-state index is 12.4. The number of para-hydroxylation sites is 2. The highest BCUT2D eigenvalue weighted by molar-refractivity contribution is 7.94. The molecule has 3 rings (SSSR count). The third kappa shape index (κ3) is 4.14. The first-order valence-electron chi connectivity index (χ1n) is 7.99. The van der Waals surface area contributed by atoms with Crippen molar-refractivity contribution in [3.63, 3.8) is 0 Å². The number of sulfonamides is 1.